The summed E-state index contributed by atoms with van der Waals surface area (Å²) in [6.45, 7) is 0.592. The Morgan fingerprint density at radius 3 is 2.17 bits per heavy atom. The van der Waals surface area contributed by atoms with Gasteiger partial charge in [-0.1, -0.05) is 41.9 Å². The molecule has 94 valence electrons. The molecule has 2 aromatic carbocycles. The molecular weight excluding hydrogens is 262 g/mol. The van der Waals surface area contributed by atoms with Crippen LogP contribution < -0.4 is 5.73 Å². The Hall–Kier alpha value is -0.960. The average Bonchev–Trinajstić information content (AvgIpc) is 2.40. The van der Waals surface area contributed by atoms with Gasteiger partial charge in [0.05, 0.1) is 5.02 Å². The van der Waals surface area contributed by atoms with E-state index < -0.39 is 0 Å². The molecule has 0 atom stereocenters. The lowest BCUT2D eigenvalue weighted by molar-refractivity contribution is 1.06. The molecule has 0 aliphatic rings. The lowest BCUT2D eigenvalue weighted by Crippen LogP contribution is -1.96. The largest absolute Gasteiger partial charge is 0.326 e. The minimum absolute atomic E-state index is 0.592. The lowest BCUT2D eigenvalue weighted by Gasteiger charge is -2.06. The maximum absolute atomic E-state index is 6.21. The van der Waals surface area contributed by atoms with Crippen LogP contribution >= 0.6 is 23.4 Å². The van der Waals surface area contributed by atoms with Crippen LogP contribution in [0.25, 0.3) is 0 Å². The quantitative estimate of drug-likeness (QED) is 0.851. The summed E-state index contributed by atoms with van der Waals surface area (Å²) in [5, 5.41) is 0.832. The first kappa shape index (κ1) is 13.5. The van der Waals surface area contributed by atoms with Crippen LogP contribution in [0.2, 0.25) is 5.02 Å². The molecule has 0 aromatic heterocycles. The number of benzene rings is 2. The van der Waals surface area contributed by atoms with Crippen molar-refractivity contribution in [2.75, 3.05) is 6.26 Å². The molecule has 2 aromatic rings. The highest BCUT2D eigenvalue weighted by Crippen LogP contribution is 2.26. The Labute approximate surface area is 117 Å². The Kier molecular flexibility index (Phi) is 4.70. The number of halogens is 1. The average molecular weight is 278 g/mol. The second-order valence-corrected chi connectivity index (χ2v) is 5.42. The summed E-state index contributed by atoms with van der Waals surface area (Å²) < 4.78 is 0. The molecule has 0 unspecified atom stereocenters. The van der Waals surface area contributed by atoms with Crippen LogP contribution in [0, 0.1) is 0 Å². The fourth-order valence-corrected chi connectivity index (χ4v) is 2.74. The Morgan fingerprint density at radius 1 is 1.00 bits per heavy atom. The van der Waals surface area contributed by atoms with Crippen LogP contribution in [0.15, 0.2) is 47.4 Å². The van der Waals surface area contributed by atoms with E-state index in [2.05, 4.69) is 36.4 Å². The van der Waals surface area contributed by atoms with Crippen molar-refractivity contribution in [3.8, 4) is 0 Å². The van der Waals surface area contributed by atoms with Gasteiger partial charge >= 0.3 is 0 Å². The molecule has 0 amide bonds. The van der Waals surface area contributed by atoms with E-state index in [1.807, 2.05) is 12.3 Å². The van der Waals surface area contributed by atoms with E-state index in [1.54, 1.807) is 11.8 Å². The number of hydrogen-bond acceptors (Lipinski definition) is 2. The zero-order valence-corrected chi connectivity index (χ0v) is 11.9. The first-order chi connectivity index (χ1) is 8.72. The molecule has 2 rings (SSSR count). The summed E-state index contributed by atoms with van der Waals surface area (Å²) >= 11 is 7.88. The predicted octanol–water partition coefficient (Wildman–Crippen LogP) is 4.11. The number of thioether (sulfide) groups is 1. The topological polar surface area (TPSA) is 26.0 Å². The van der Waals surface area contributed by atoms with Crippen molar-refractivity contribution in [2.45, 2.75) is 17.9 Å². The summed E-state index contributed by atoms with van der Waals surface area (Å²) in [4.78, 5) is 1.12. The molecule has 0 saturated carbocycles. The molecule has 0 aliphatic heterocycles. The minimum atomic E-state index is 0.592. The van der Waals surface area contributed by atoms with Crippen LogP contribution in [0.4, 0.5) is 0 Å². The van der Waals surface area contributed by atoms with Crippen LogP contribution in [0.5, 0.6) is 0 Å². The van der Waals surface area contributed by atoms with Crippen molar-refractivity contribution < 1.29 is 0 Å². The van der Waals surface area contributed by atoms with Crippen molar-refractivity contribution in [3.63, 3.8) is 0 Å². The Morgan fingerprint density at radius 2 is 1.61 bits per heavy atom. The second kappa shape index (κ2) is 6.28. The van der Waals surface area contributed by atoms with Crippen molar-refractivity contribution in [1.29, 1.82) is 0 Å². The molecule has 0 spiro atoms. The van der Waals surface area contributed by atoms with Crippen molar-refractivity contribution in [3.05, 3.63) is 64.2 Å². The molecule has 0 saturated heterocycles. The van der Waals surface area contributed by atoms with Gasteiger partial charge in [-0.25, -0.2) is 0 Å². The van der Waals surface area contributed by atoms with E-state index in [1.165, 1.54) is 11.1 Å². The van der Waals surface area contributed by atoms with Gasteiger partial charge < -0.3 is 5.73 Å². The molecule has 0 fully saturated rings. The van der Waals surface area contributed by atoms with E-state index in [9.17, 15) is 0 Å². The summed E-state index contributed by atoms with van der Waals surface area (Å²) in [6.07, 6.45) is 2.94. The number of rotatable bonds is 4. The first-order valence-electron chi connectivity index (χ1n) is 5.83. The molecule has 0 aliphatic carbocycles. The number of hydrogen-bond donors (Lipinski definition) is 1. The Bertz CT molecular complexity index is 523. The fourth-order valence-electron chi connectivity index (χ4n) is 1.85. The number of nitrogens with two attached hydrogens (primary N) is 1. The summed E-state index contributed by atoms with van der Waals surface area (Å²) in [7, 11) is 0. The van der Waals surface area contributed by atoms with Gasteiger partial charge in [-0.3, -0.25) is 0 Å². The zero-order chi connectivity index (χ0) is 13.0. The summed E-state index contributed by atoms with van der Waals surface area (Å²) in [5.74, 6) is 0. The molecule has 1 nitrogen and oxygen atoms in total. The normalized spacial score (nSPS) is 10.6. The van der Waals surface area contributed by atoms with Gasteiger partial charge in [-0.15, -0.1) is 11.8 Å². The van der Waals surface area contributed by atoms with Gasteiger partial charge in [0.1, 0.15) is 0 Å². The third-order valence-corrected chi connectivity index (χ3v) is 4.10. The van der Waals surface area contributed by atoms with Crippen LogP contribution in [-0.2, 0) is 13.0 Å². The molecule has 0 radical (unpaired) electrons. The standard InChI is InChI=1S/C15H16ClNS/c1-18-15-7-6-13(9-14(15)16)8-11-2-4-12(10-17)5-3-11/h2-7,9H,8,10,17H2,1H3. The molecule has 0 heterocycles. The smallest absolute Gasteiger partial charge is 0.0544 e. The summed E-state index contributed by atoms with van der Waals surface area (Å²) in [6, 6.07) is 14.7. The van der Waals surface area contributed by atoms with Crippen LogP contribution in [0.3, 0.4) is 0 Å². The van der Waals surface area contributed by atoms with Gasteiger partial charge in [0, 0.05) is 11.4 Å². The SMILES string of the molecule is CSc1ccc(Cc2ccc(CN)cc2)cc1Cl. The van der Waals surface area contributed by atoms with E-state index in [0.29, 0.717) is 6.54 Å². The minimum Gasteiger partial charge on any atom is -0.326 e. The van der Waals surface area contributed by atoms with Gasteiger partial charge in [-0.2, -0.15) is 0 Å². The van der Waals surface area contributed by atoms with E-state index in [4.69, 9.17) is 17.3 Å². The molecule has 3 heteroatoms. The third-order valence-electron chi connectivity index (χ3n) is 2.88. The second-order valence-electron chi connectivity index (χ2n) is 4.17. The molecule has 0 bridgehead atoms. The summed E-state index contributed by atoms with van der Waals surface area (Å²) in [5.41, 5.74) is 9.26. The van der Waals surface area contributed by atoms with E-state index in [0.717, 1.165) is 21.9 Å². The predicted molar refractivity (Wildman–Crippen MR) is 80.4 cm³/mol. The highest BCUT2D eigenvalue weighted by Gasteiger charge is 2.02. The monoisotopic (exact) mass is 277 g/mol. The molecule has 2 N–H and O–H groups in total. The van der Waals surface area contributed by atoms with E-state index in [-0.39, 0.29) is 0 Å². The van der Waals surface area contributed by atoms with Crippen LogP contribution in [-0.4, -0.2) is 6.26 Å². The molecule has 18 heavy (non-hydrogen) atoms. The van der Waals surface area contributed by atoms with Gasteiger partial charge in [0.2, 0.25) is 0 Å². The maximum atomic E-state index is 6.21. The van der Waals surface area contributed by atoms with E-state index >= 15 is 0 Å². The van der Waals surface area contributed by atoms with Gasteiger partial charge in [0.25, 0.3) is 0 Å². The maximum Gasteiger partial charge on any atom is 0.0544 e. The zero-order valence-electron chi connectivity index (χ0n) is 10.3. The van der Waals surface area contributed by atoms with Crippen molar-refractivity contribution >= 4 is 23.4 Å². The lowest BCUT2D eigenvalue weighted by atomic mass is 10.0. The molecular formula is C15H16ClNS. The van der Waals surface area contributed by atoms with Crippen molar-refractivity contribution in [1.82, 2.24) is 0 Å². The fraction of sp³-hybridized carbons (Fsp3) is 0.200. The van der Waals surface area contributed by atoms with Gasteiger partial charge in [0.15, 0.2) is 0 Å². The van der Waals surface area contributed by atoms with Crippen LogP contribution in [0.1, 0.15) is 16.7 Å². The highest BCUT2D eigenvalue weighted by molar-refractivity contribution is 7.98. The first-order valence-corrected chi connectivity index (χ1v) is 7.43. The highest BCUT2D eigenvalue weighted by atomic mass is 35.5. The van der Waals surface area contributed by atoms with Crippen molar-refractivity contribution in [2.24, 2.45) is 5.73 Å². The third kappa shape index (κ3) is 3.29. The Balaban J connectivity index is 2.15. The van der Waals surface area contributed by atoms with Gasteiger partial charge in [-0.05, 0) is 41.5 Å².